The molecule has 0 fully saturated rings. The molecule has 0 bridgehead atoms. The smallest absolute Gasteiger partial charge is 0.326 e. The maximum atomic E-state index is 12.2. The summed E-state index contributed by atoms with van der Waals surface area (Å²) in [5.41, 5.74) is 0.486. The normalized spacial score (nSPS) is 14.8. The van der Waals surface area contributed by atoms with Crippen molar-refractivity contribution in [1.82, 2.24) is 5.32 Å². The van der Waals surface area contributed by atoms with Crippen LogP contribution in [0.5, 0.6) is 5.75 Å². The Hall–Kier alpha value is -2.09. The molecule has 0 unspecified atom stereocenters. The Morgan fingerprint density at radius 3 is 2.75 bits per heavy atom. The van der Waals surface area contributed by atoms with E-state index < -0.39 is 17.9 Å². The van der Waals surface area contributed by atoms with Crippen LogP contribution in [0.4, 0.5) is 5.69 Å². The Labute approximate surface area is 148 Å². The predicted octanol–water partition coefficient (Wildman–Crippen LogP) is 1.79. The lowest BCUT2D eigenvalue weighted by molar-refractivity contribution is -0.142. The van der Waals surface area contributed by atoms with Crippen LogP contribution in [0.15, 0.2) is 22.7 Å². The highest BCUT2D eigenvalue weighted by molar-refractivity contribution is 9.10. The third-order valence-corrected chi connectivity index (χ3v) is 4.00. The van der Waals surface area contributed by atoms with Gasteiger partial charge in [-0.15, -0.1) is 0 Å². The van der Waals surface area contributed by atoms with Crippen LogP contribution >= 0.6 is 15.9 Å². The fourth-order valence-corrected chi connectivity index (χ4v) is 2.77. The fraction of sp³-hybridized carbons (Fsp3) is 0.438. The molecule has 0 radical (unpaired) electrons. The molecule has 1 heterocycles. The number of benzene rings is 1. The molecule has 0 aliphatic carbocycles. The van der Waals surface area contributed by atoms with Gasteiger partial charge in [0.15, 0.2) is 6.61 Å². The van der Waals surface area contributed by atoms with Crippen molar-refractivity contribution in [2.75, 3.05) is 18.1 Å². The Morgan fingerprint density at radius 2 is 2.12 bits per heavy atom. The van der Waals surface area contributed by atoms with Crippen molar-refractivity contribution in [2.45, 2.75) is 26.3 Å². The zero-order valence-electron chi connectivity index (χ0n) is 13.4. The largest absolute Gasteiger partial charge is 0.482 e. The van der Waals surface area contributed by atoms with Crippen LogP contribution in [0.1, 0.15) is 20.3 Å². The molecule has 0 aromatic heterocycles. The number of carbonyl (C=O) groups is 3. The molecule has 0 saturated carbocycles. The monoisotopic (exact) mass is 398 g/mol. The third kappa shape index (κ3) is 4.47. The summed E-state index contributed by atoms with van der Waals surface area (Å²) in [7, 11) is 0. The summed E-state index contributed by atoms with van der Waals surface area (Å²) >= 11 is 3.32. The van der Waals surface area contributed by atoms with E-state index in [0.717, 1.165) is 4.47 Å². The molecule has 2 amide bonds. The second-order valence-corrected chi connectivity index (χ2v) is 6.88. The number of anilines is 1. The fourth-order valence-electron chi connectivity index (χ4n) is 2.43. The SMILES string of the molecule is CC(C)C[C@H](NC(=O)CN1C(=O)COc2cc(Br)ccc21)C(=O)O. The molecule has 24 heavy (non-hydrogen) atoms. The van der Waals surface area contributed by atoms with E-state index in [1.54, 1.807) is 18.2 Å². The van der Waals surface area contributed by atoms with Gasteiger partial charge in [-0.25, -0.2) is 4.79 Å². The summed E-state index contributed by atoms with van der Waals surface area (Å²) in [4.78, 5) is 36.8. The summed E-state index contributed by atoms with van der Waals surface area (Å²) in [5.74, 6) is -1.35. The number of hydrogen-bond donors (Lipinski definition) is 2. The maximum absolute atomic E-state index is 12.2. The number of halogens is 1. The number of carboxylic acid groups (broad SMARTS) is 1. The zero-order valence-corrected chi connectivity index (χ0v) is 15.0. The van der Waals surface area contributed by atoms with Crippen LogP contribution < -0.4 is 15.0 Å². The maximum Gasteiger partial charge on any atom is 0.326 e. The van der Waals surface area contributed by atoms with Crippen LogP contribution in [0.25, 0.3) is 0 Å². The standard InChI is InChI=1S/C16H19BrN2O5/c1-9(2)5-11(16(22)23)18-14(20)7-19-12-4-3-10(17)6-13(12)24-8-15(19)21/h3-4,6,9,11H,5,7-8H2,1-2H3,(H,18,20)(H,22,23)/t11-/m0/s1. The summed E-state index contributed by atoms with van der Waals surface area (Å²) in [6.45, 7) is 3.34. The van der Waals surface area contributed by atoms with E-state index in [4.69, 9.17) is 4.74 Å². The van der Waals surface area contributed by atoms with Crippen molar-refractivity contribution in [3.63, 3.8) is 0 Å². The van der Waals surface area contributed by atoms with E-state index in [0.29, 0.717) is 17.9 Å². The molecule has 0 saturated heterocycles. The predicted molar refractivity (Wildman–Crippen MR) is 91.0 cm³/mol. The number of hydrogen-bond acceptors (Lipinski definition) is 4. The van der Waals surface area contributed by atoms with Gasteiger partial charge in [0, 0.05) is 4.47 Å². The molecule has 1 aliphatic rings. The van der Waals surface area contributed by atoms with Gasteiger partial charge in [-0.3, -0.25) is 14.5 Å². The van der Waals surface area contributed by atoms with Gasteiger partial charge in [-0.05, 0) is 30.5 Å². The van der Waals surface area contributed by atoms with E-state index in [-0.39, 0.29) is 25.0 Å². The van der Waals surface area contributed by atoms with Crippen molar-refractivity contribution in [2.24, 2.45) is 5.92 Å². The molecule has 1 aromatic carbocycles. The first-order chi connectivity index (χ1) is 11.3. The molecule has 1 aliphatic heterocycles. The zero-order chi connectivity index (χ0) is 17.9. The van der Waals surface area contributed by atoms with Crippen LogP contribution in [-0.2, 0) is 14.4 Å². The number of fused-ring (bicyclic) bond motifs is 1. The van der Waals surface area contributed by atoms with Crippen molar-refractivity contribution < 1.29 is 24.2 Å². The number of nitrogens with zero attached hydrogens (tertiary/aromatic N) is 1. The number of carboxylic acids is 1. The van der Waals surface area contributed by atoms with Gasteiger partial charge in [-0.1, -0.05) is 29.8 Å². The molecule has 1 aromatic rings. The summed E-state index contributed by atoms with van der Waals surface area (Å²) in [5, 5.41) is 11.7. The number of amides is 2. The average Bonchev–Trinajstić information content (AvgIpc) is 2.49. The Bertz CT molecular complexity index is 662. The number of carbonyl (C=O) groups excluding carboxylic acids is 2. The summed E-state index contributed by atoms with van der Waals surface area (Å²) < 4.78 is 6.15. The lowest BCUT2D eigenvalue weighted by Gasteiger charge is -2.29. The number of aliphatic carboxylic acids is 1. The molecule has 130 valence electrons. The highest BCUT2D eigenvalue weighted by atomic mass is 79.9. The van der Waals surface area contributed by atoms with Crippen LogP contribution in [0.3, 0.4) is 0 Å². The van der Waals surface area contributed by atoms with Gasteiger partial charge in [0.25, 0.3) is 5.91 Å². The third-order valence-electron chi connectivity index (χ3n) is 3.51. The molecular weight excluding hydrogens is 380 g/mol. The van der Waals surface area contributed by atoms with E-state index >= 15 is 0 Å². The first-order valence-corrected chi connectivity index (χ1v) is 8.32. The van der Waals surface area contributed by atoms with E-state index in [2.05, 4.69) is 21.2 Å². The lowest BCUT2D eigenvalue weighted by Crippen LogP contribution is -2.49. The van der Waals surface area contributed by atoms with Gasteiger partial charge >= 0.3 is 5.97 Å². The second-order valence-electron chi connectivity index (χ2n) is 5.97. The minimum atomic E-state index is -1.09. The molecule has 8 heteroatoms. The van der Waals surface area contributed by atoms with Gasteiger partial charge in [-0.2, -0.15) is 0 Å². The highest BCUT2D eigenvalue weighted by Crippen LogP contribution is 2.34. The van der Waals surface area contributed by atoms with Gasteiger partial charge < -0.3 is 15.2 Å². The first-order valence-electron chi connectivity index (χ1n) is 7.52. The number of ether oxygens (including phenoxy) is 1. The summed E-state index contributed by atoms with van der Waals surface area (Å²) in [6.07, 6.45) is 0.321. The highest BCUT2D eigenvalue weighted by Gasteiger charge is 2.29. The Morgan fingerprint density at radius 1 is 1.42 bits per heavy atom. The average molecular weight is 399 g/mol. The molecule has 7 nitrogen and oxygen atoms in total. The molecule has 2 N–H and O–H groups in total. The van der Waals surface area contributed by atoms with E-state index in [9.17, 15) is 19.5 Å². The van der Waals surface area contributed by atoms with E-state index in [1.165, 1.54) is 4.90 Å². The number of nitrogens with one attached hydrogen (secondary N) is 1. The van der Waals surface area contributed by atoms with Gasteiger partial charge in [0.05, 0.1) is 5.69 Å². The van der Waals surface area contributed by atoms with Crippen LogP contribution in [0, 0.1) is 5.92 Å². The van der Waals surface area contributed by atoms with Crippen LogP contribution in [-0.4, -0.2) is 42.1 Å². The Balaban J connectivity index is 2.11. The molecule has 0 spiro atoms. The Kier molecular flexibility index (Phi) is 5.82. The number of rotatable bonds is 6. The minimum Gasteiger partial charge on any atom is -0.482 e. The van der Waals surface area contributed by atoms with Crippen LogP contribution in [0.2, 0.25) is 0 Å². The van der Waals surface area contributed by atoms with E-state index in [1.807, 2.05) is 13.8 Å². The van der Waals surface area contributed by atoms with Crippen molar-refractivity contribution >= 4 is 39.4 Å². The topological polar surface area (TPSA) is 95.9 Å². The van der Waals surface area contributed by atoms with Crippen molar-refractivity contribution in [1.29, 1.82) is 0 Å². The van der Waals surface area contributed by atoms with Gasteiger partial charge in [0.2, 0.25) is 5.91 Å². The van der Waals surface area contributed by atoms with Gasteiger partial charge in [0.1, 0.15) is 18.3 Å². The first kappa shape index (κ1) is 18.3. The lowest BCUT2D eigenvalue weighted by atomic mass is 10.0. The molecule has 2 rings (SSSR count). The quantitative estimate of drug-likeness (QED) is 0.761. The summed E-state index contributed by atoms with van der Waals surface area (Å²) in [6, 6.07) is 4.15. The van der Waals surface area contributed by atoms with Crippen molar-refractivity contribution in [3.05, 3.63) is 22.7 Å². The molecular formula is C16H19BrN2O5. The molecule has 1 atom stereocenters. The minimum absolute atomic E-state index is 0.120. The second kappa shape index (κ2) is 7.65. The van der Waals surface area contributed by atoms with Crippen molar-refractivity contribution in [3.8, 4) is 5.75 Å².